The maximum Gasteiger partial charge on any atom is 0.303 e. The van der Waals surface area contributed by atoms with E-state index in [0.29, 0.717) is 0 Å². The van der Waals surface area contributed by atoms with Crippen LogP contribution in [-0.2, 0) is 0 Å². The van der Waals surface area contributed by atoms with Gasteiger partial charge in [0, 0.05) is 33.4 Å². The van der Waals surface area contributed by atoms with Crippen LogP contribution in [-0.4, -0.2) is 23.2 Å². The molecule has 12 aromatic carbocycles. The molecule has 2 nitrogen and oxygen atoms in total. The second-order valence-corrected chi connectivity index (χ2v) is 28.2. The van der Waals surface area contributed by atoms with Gasteiger partial charge in [0.05, 0.1) is 44.1 Å². The summed E-state index contributed by atoms with van der Waals surface area (Å²) < 4.78 is 805. The van der Waals surface area contributed by atoms with Gasteiger partial charge in [-0.05, 0) is 0 Å². The monoisotopic (exact) mass is 2070 g/mol. The number of nitrogens with two attached hydrogens (primary N) is 2. The van der Waals surface area contributed by atoms with Crippen molar-refractivity contribution in [1.82, 2.24) is 0 Å². The predicted octanol–water partition coefficient (Wildman–Crippen LogP) is 21.8. The largest absolute Gasteiger partial charge is 0.488 e. The van der Waals surface area contributed by atoms with Crippen molar-refractivity contribution in [2.24, 2.45) is 0 Å². The fourth-order valence-electron chi connectivity index (χ4n) is 15.2. The Hall–Kier alpha value is -11.8. The molecule has 14 rings (SSSR count). The number of quaternary nitrogens is 2. The number of rotatable bonds is 8. The van der Waals surface area contributed by atoms with E-state index in [-0.39, 0.29) is 10.7 Å². The van der Waals surface area contributed by atoms with Crippen molar-refractivity contribution in [2.75, 3.05) is 10.7 Å². The van der Waals surface area contributed by atoms with Crippen LogP contribution in [0.3, 0.4) is 0 Å². The molecule has 134 heavy (non-hydrogen) atoms. The first-order valence-corrected chi connectivity index (χ1v) is 35.5. The third kappa shape index (κ3) is 14.3. The first-order valence-electron chi connectivity index (χ1n) is 33.4. The van der Waals surface area contributed by atoms with Gasteiger partial charge in [0.25, 0.3) is 0 Å². The Morgan fingerprint density at radius 2 is 0.194 bits per heavy atom. The molecule has 0 atom stereocenters. The molecular formula is C74H8B2Cl4F52N2. The Kier molecular flexibility index (Phi) is 27.7. The van der Waals surface area contributed by atoms with Gasteiger partial charge in [0.15, 0.2) is 221 Å². The molecule has 60 heteroatoms. The maximum atomic E-state index is 16.9. The Morgan fingerprint density at radius 1 is 0.112 bits per heavy atom. The summed E-state index contributed by atoms with van der Waals surface area (Å²) in [6, 6.07) is 0. The number of hydrogen-bond donors (Lipinski definition) is 2. The normalized spacial score (nSPS) is 12.9. The van der Waals surface area contributed by atoms with Gasteiger partial charge in [-0.25, -0.2) is 220 Å². The van der Waals surface area contributed by atoms with Crippen molar-refractivity contribution in [3.05, 3.63) is 302 Å². The van der Waals surface area contributed by atoms with Crippen LogP contribution >= 0.6 is 46.4 Å². The van der Waals surface area contributed by atoms with Crippen molar-refractivity contribution in [3.8, 4) is 66.8 Å². The van der Waals surface area contributed by atoms with E-state index in [2.05, 4.69) is 0 Å². The molecule has 12 aromatic rings. The Labute approximate surface area is 719 Å². The highest BCUT2D eigenvalue weighted by Crippen LogP contribution is 2.49. The van der Waals surface area contributed by atoms with Crippen LogP contribution in [0.4, 0.5) is 240 Å². The first-order chi connectivity index (χ1) is 62.1. The zero-order chi connectivity index (χ0) is 101. The molecule has 4 N–H and O–H groups in total. The molecule has 0 aromatic heterocycles. The van der Waals surface area contributed by atoms with Gasteiger partial charge in [0.2, 0.25) is 46.5 Å². The lowest BCUT2D eigenvalue weighted by molar-refractivity contribution is -0.430. The lowest BCUT2D eigenvalue weighted by Crippen LogP contribution is -3.10. The SMILES string of the molecule is ClCCl.ClCCl.Fc1c(F)c(F)c(-c2c(F)c(F)c(F)c(F)c2[B-]2(c3c(F)c(F)c(F)c(F)c3-c3c(F)c(F)c(F)c(F)c3F)[NH2+]c3c(F)c(F)c(F)c(F)c3-c3c(F)c(F)c(F)c(F)c32)c(F)c1F.Fc1c(F)c(F)c(-c2c(F)c(F)c(F)c(F)c2[B-]2(c3c(F)c(F)c(F)c(F)c3-c3c(F)c(F)c(F)c(F)c3F)[NH2+]c3c(F)c(F)c(F)c(F)c3-c3c(F)c(F)c(F)c(F)c32)c(F)c1F. The van der Waals surface area contributed by atoms with Gasteiger partial charge in [-0.2, -0.15) is 8.78 Å². The zero-order valence-electron chi connectivity index (χ0n) is 60.9. The minimum absolute atomic E-state index is 0.194. The van der Waals surface area contributed by atoms with Crippen LogP contribution in [0.5, 0.6) is 0 Å². The third-order valence-electron chi connectivity index (χ3n) is 20.3. The van der Waals surface area contributed by atoms with E-state index in [1.165, 1.54) is 0 Å². The van der Waals surface area contributed by atoms with Crippen LogP contribution in [0.1, 0.15) is 0 Å². The highest BCUT2D eigenvalue weighted by Gasteiger charge is 2.61. The Bertz CT molecular complexity index is 6430. The number of halogens is 56. The molecule has 0 amide bonds. The van der Waals surface area contributed by atoms with E-state index in [1.807, 2.05) is 0 Å². The van der Waals surface area contributed by atoms with Crippen molar-refractivity contribution < 1.29 is 239 Å². The van der Waals surface area contributed by atoms with E-state index >= 15 is 158 Å². The lowest BCUT2D eigenvalue weighted by Gasteiger charge is -2.46. The van der Waals surface area contributed by atoms with E-state index < -0.39 is 436 Å². The van der Waals surface area contributed by atoms with Gasteiger partial charge < -0.3 is 10.5 Å². The Morgan fingerprint density at radius 3 is 0.321 bits per heavy atom. The molecule has 0 bridgehead atoms. The van der Waals surface area contributed by atoms with E-state index in [9.17, 15) is 70.2 Å². The van der Waals surface area contributed by atoms with Gasteiger partial charge in [-0.15, -0.1) is 46.4 Å². The fraction of sp³-hybridized carbons (Fsp3) is 0.0270. The van der Waals surface area contributed by atoms with Crippen LogP contribution < -0.4 is 43.2 Å². The van der Waals surface area contributed by atoms with Crippen molar-refractivity contribution in [1.29, 1.82) is 0 Å². The number of alkyl halides is 4. The van der Waals surface area contributed by atoms with E-state index in [1.54, 1.807) is 0 Å². The van der Waals surface area contributed by atoms with Gasteiger partial charge >= 0.3 is 12.6 Å². The Balaban J connectivity index is 0.000000244. The third-order valence-corrected chi connectivity index (χ3v) is 20.3. The second-order valence-electron chi connectivity index (χ2n) is 26.5. The lowest BCUT2D eigenvalue weighted by atomic mass is 9.21. The minimum atomic E-state index is -7.00. The molecule has 2 aliphatic heterocycles. The molecule has 0 aliphatic carbocycles. The number of fused-ring (bicyclic) bond motifs is 6. The van der Waals surface area contributed by atoms with Crippen molar-refractivity contribution >= 4 is 103 Å². The molecular weight excluding hydrogens is 2070 g/mol. The van der Waals surface area contributed by atoms with E-state index in [0.717, 1.165) is 0 Å². The quantitative estimate of drug-likeness (QED) is 0.0380. The fourth-order valence-corrected chi connectivity index (χ4v) is 15.2. The van der Waals surface area contributed by atoms with Gasteiger partial charge in [-0.3, -0.25) is 0 Å². The average Bonchev–Trinajstić information content (AvgIpc) is 0.671. The van der Waals surface area contributed by atoms with Gasteiger partial charge in [0.1, 0.15) is 46.3 Å². The molecule has 0 radical (unpaired) electrons. The van der Waals surface area contributed by atoms with E-state index in [4.69, 9.17) is 46.4 Å². The average molecular weight is 2080 g/mol. The second kappa shape index (κ2) is 36.1. The number of hydrogen-bond acceptors (Lipinski definition) is 0. The molecule has 2 aliphatic rings. The van der Waals surface area contributed by atoms with Gasteiger partial charge in [-0.1, -0.05) is 32.8 Å². The minimum Gasteiger partial charge on any atom is -0.488 e. The highest BCUT2D eigenvalue weighted by molar-refractivity contribution is 7.08. The first kappa shape index (κ1) is 103. The maximum absolute atomic E-state index is 16.9. The molecule has 0 unspecified atom stereocenters. The summed E-state index contributed by atoms with van der Waals surface area (Å²) in [7, 11) is 0. The topological polar surface area (TPSA) is 33.2 Å². The van der Waals surface area contributed by atoms with Crippen LogP contribution in [0, 0.1) is 302 Å². The summed E-state index contributed by atoms with van der Waals surface area (Å²) in [5.74, 6) is -183. The molecule has 712 valence electrons. The standard InChI is InChI=1S/2C36H2BF26N.2CH2Cl2/c2*38-10-1(4-13(41)24(52)32(60)25(53)14(4)42)7(18(46)29(57)21(10)49)37(8-2(11(39)22(50)30(58)19(8)47)5-15(43)26(54)33(61)27(55)16(5)44)9-3(12(40)23(51)31(59)20(9)48)6-17(45)28(56)34(62)35(63)36(6)64-37;2*2-1-3/h2*64H2;2*1H2. The summed E-state index contributed by atoms with van der Waals surface area (Å²) in [6.45, 7) is 0. The summed E-state index contributed by atoms with van der Waals surface area (Å²) in [4.78, 5) is 0. The summed E-state index contributed by atoms with van der Waals surface area (Å²) in [5, 5.41) is -2.04. The van der Waals surface area contributed by atoms with Crippen LogP contribution in [0.25, 0.3) is 66.8 Å². The highest BCUT2D eigenvalue weighted by atomic mass is 35.5. The van der Waals surface area contributed by atoms with Crippen molar-refractivity contribution in [2.45, 2.75) is 0 Å². The summed E-state index contributed by atoms with van der Waals surface area (Å²) >= 11 is 19.1. The molecule has 0 saturated carbocycles. The zero-order valence-corrected chi connectivity index (χ0v) is 63.9. The van der Waals surface area contributed by atoms with Crippen molar-refractivity contribution in [3.63, 3.8) is 0 Å². The molecule has 0 saturated heterocycles. The smallest absolute Gasteiger partial charge is 0.303 e. The summed E-state index contributed by atoms with van der Waals surface area (Å²) in [5.41, 5.74) is -63.9. The number of benzene rings is 12. The molecule has 0 fully saturated rings. The molecule has 2 heterocycles. The van der Waals surface area contributed by atoms with Crippen LogP contribution in [0.15, 0.2) is 0 Å². The molecule has 0 spiro atoms. The van der Waals surface area contributed by atoms with Crippen LogP contribution in [0.2, 0.25) is 0 Å². The summed E-state index contributed by atoms with van der Waals surface area (Å²) in [6.07, 6.45) is -14.0. The predicted molar refractivity (Wildman–Crippen MR) is 355 cm³/mol.